The van der Waals surface area contributed by atoms with Gasteiger partial charge in [-0.1, -0.05) is 18.6 Å². The molecule has 2 heterocycles. The maximum Gasteiger partial charge on any atom is 0.326 e. The number of hydrogen-bond donors (Lipinski definition) is 1. The first-order valence-electron chi connectivity index (χ1n) is 10.5. The lowest BCUT2D eigenvalue weighted by atomic mass is 9.85. The molecule has 162 valence electrons. The van der Waals surface area contributed by atoms with Gasteiger partial charge in [0.05, 0.1) is 17.4 Å². The van der Waals surface area contributed by atoms with Crippen LogP contribution >= 0.6 is 11.3 Å². The van der Waals surface area contributed by atoms with Crippen molar-refractivity contribution in [2.75, 3.05) is 18.5 Å². The van der Waals surface area contributed by atoms with Gasteiger partial charge in [-0.3, -0.25) is 24.1 Å². The molecule has 2 aliphatic carbocycles. The largest absolute Gasteiger partial charge is 0.454 e. The van der Waals surface area contributed by atoms with Gasteiger partial charge in [0.15, 0.2) is 6.61 Å². The summed E-state index contributed by atoms with van der Waals surface area (Å²) in [6.07, 6.45) is 9.68. The van der Waals surface area contributed by atoms with Crippen LogP contribution in [0.2, 0.25) is 0 Å². The Kier molecular flexibility index (Phi) is 6.18. The molecule has 0 bridgehead atoms. The predicted molar refractivity (Wildman–Crippen MR) is 112 cm³/mol. The summed E-state index contributed by atoms with van der Waals surface area (Å²) in [5, 5.41) is 12.7. The summed E-state index contributed by atoms with van der Waals surface area (Å²) in [6, 6.07) is 2.19. The molecule has 1 aromatic heterocycles. The Morgan fingerprint density at radius 2 is 1.81 bits per heavy atom. The molecule has 0 aromatic carbocycles. The number of hydrogen-bond acceptors (Lipinski definition) is 7. The molecule has 2 atom stereocenters. The number of amides is 3. The van der Waals surface area contributed by atoms with Crippen LogP contribution in [0.25, 0.3) is 0 Å². The number of fused-ring (bicyclic) bond motifs is 2. The lowest BCUT2D eigenvalue weighted by Crippen LogP contribution is -2.37. The number of esters is 1. The summed E-state index contributed by atoms with van der Waals surface area (Å²) in [6.45, 7) is -1.04. The third kappa shape index (κ3) is 4.26. The summed E-state index contributed by atoms with van der Waals surface area (Å²) >= 11 is 1.40. The van der Waals surface area contributed by atoms with E-state index in [9.17, 15) is 24.4 Å². The Balaban J connectivity index is 1.31. The average molecular weight is 442 g/mol. The monoisotopic (exact) mass is 441 g/mol. The van der Waals surface area contributed by atoms with Gasteiger partial charge in [-0.05, 0) is 44.1 Å². The van der Waals surface area contributed by atoms with Gasteiger partial charge in [-0.15, -0.1) is 11.3 Å². The van der Waals surface area contributed by atoms with Crippen LogP contribution in [0.15, 0.2) is 12.2 Å². The molecule has 31 heavy (non-hydrogen) atoms. The van der Waals surface area contributed by atoms with Crippen LogP contribution in [0.4, 0.5) is 5.00 Å². The van der Waals surface area contributed by atoms with Crippen LogP contribution in [-0.2, 0) is 36.8 Å². The van der Waals surface area contributed by atoms with E-state index in [-0.39, 0.29) is 11.8 Å². The highest BCUT2D eigenvalue weighted by Crippen LogP contribution is 2.37. The SMILES string of the molecule is N#Cc1c(NC(=O)COC(=O)CN2C(=O)[C@H]3CC=CC[C@@H]3C2=O)sc2c1CCCCC2. The van der Waals surface area contributed by atoms with Crippen molar-refractivity contribution >= 4 is 40.0 Å². The molecule has 4 rings (SSSR count). The third-order valence-electron chi connectivity index (χ3n) is 6.04. The Morgan fingerprint density at radius 1 is 1.13 bits per heavy atom. The molecular weight excluding hydrogens is 418 g/mol. The number of anilines is 1. The predicted octanol–water partition coefficient (Wildman–Crippen LogP) is 2.32. The summed E-state index contributed by atoms with van der Waals surface area (Å²) in [5.74, 6) is -2.91. The normalized spacial score (nSPS) is 22.4. The molecule has 0 saturated carbocycles. The first-order chi connectivity index (χ1) is 15.0. The van der Waals surface area contributed by atoms with E-state index in [1.165, 1.54) is 11.3 Å². The van der Waals surface area contributed by atoms with Crippen molar-refractivity contribution in [3.05, 3.63) is 28.2 Å². The minimum Gasteiger partial charge on any atom is -0.454 e. The van der Waals surface area contributed by atoms with Gasteiger partial charge in [0.2, 0.25) is 11.8 Å². The van der Waals surface area contributed by atoms with Gasteiger partial charge in [0.25, 0.3) is 5.91 Å². The summed E-state index contributed by atoms with van der Waals surface area (Å²) in [5.41, 5.74) is 1.50. The standard InChI is InChI=1S/C22H23N3O5S/c23-10-16-13-6-2-1-3-9-17(13)31-20(16)24-18(26)12-30-19(27)11-25-21(28)14-7-4-5-8-15(14)22(25)29/h4-5,14-15H,1-3,6-9,11-12H2,(H,24,26)/t14-,15-/m0/s1. The lowest BCUT2D eigenvalue weighted by molar-refractivity contribution is -0.154. The lowest BCUT2D eigenvalue weighted by Gasteiger charge is -2.14. The second kappa shape index (κ2) is 9.02. The number of nitriles is 1. The fraction of sp³-hybridized carbons (Fsp3) is 0.500. The summed E-state index contributed by atoms with van der Waals surface area (Å²) in [7, 11) is 0. The maximum absolute atomic E-state index is 12.4. The highest BCUT2D eigenvalue weighted by atomic mass is 32.1. The van der Waals surface area contributed by atoms with Crippen molar-refractivity contribution in [3.63, 3.8) is 0 Å². The Hall–Kier alpha value is -2.99. The number of carbonyl (C=O) groups is 4. The smallest absolute Gasteiger partial charge is 0.326 e. The number of ether oxygens (including phenoxy) is 1. The molecule has 0 spiro atoms. The van der Waals surface area contributed by atoms with Gasteiger partial charge < -0.3 is 10.1 Å². The molecule has 3 aliphatic rings. The molecule has 1 aromatic rings. The zero-order chi connectivity index (χ0) is 22.0. The van der Waals surface area contributed by atoms with E-state index in [0.29, 0.717) is 23.4 Å². The second-order valence-electron chi connectivity index (χ2n) is 8.01. The van der Waals surface area contributed by atoms with E-state index in [1.807, 2.05) is 12.2 Å². The third-order valence-corrected chi connectivity index (χ3v) is 7.24. The fourth-order valence-corrected chi connectivity index (χ4v) is 5.71. The number of carbonyl (C=O) groups excluding carboxylic acids is 4. The quantitative estimate of drug-likeness (QED) is 0.324. The van der Waals surface area contributed by atoms with E-state index in [1.54, 1.807) is 0 Å². The van der Waals surface area contributed by atoms with Crippen LogP contribution in [0.1, 0.15) is 48.1 Å². The van der Waals surface area contributed by atoms with Crippen molar-refractivity contribution in [1.82, 2.24) is 4.90 Å². The van der Waals surface area contributed by atoms with Crippen LogP contribution in [-0.4, -0.2) is 41.7 Å². The van der Waals surface area contributed by atoms with E-state index in [0.717, 1.165) is 47.4 Å². The highest BCUT2D eigenvalue weighted by molar-refractivity contribution is 7.16. The molecule has 8 nitrogen and oxygen atoms in total. The number of imide groups is 1. The van der Waals surface area contributed by atoms with Gasteiger partial charge in [-0.2, -0.15) is 5.26 Å². The molecule has 3 amide bonds. The van der Waals surface area contributed by atoms with Crippen molar-refractivity contribution in [1.29, 1.82) is 5.26 Å². The first-order valence-corrected chi connectivity index (χ1v) is 11.3. The number of nitrogens with one attached hydrogen (secondary N) is 1. The average Bonchev–Trinajstić information content (AvgIpc) is 3.09. The van der Waals surface area contributed by atoms with Gasteiger partial charge in [0.1, 0.15) is 17.6 Å². The molecule has 1 fully saturated rings. The van der Waals surface area contributed by atoms with Crippen molar-refractivity contribution < 1.29 is 23.9 Å². The Bertz CT molecular complexity index is 980. The number of nitrogens with zero attached hydrogens (tertiary/aromatic N) is 2. The van der Waals surface area contributed by atoms with Gasteiger partial charge in [-0.25, -0.2) is 0 Å². The van der Waals surface area contributed by atoms with Crippen molar-refractivity contribution in [2.24, 2.45) is 11.8 Å². The molecule has 1 aliphatic heterocycles. The number of allylic oxidation sites excluding steroid dienone is 2. The topological polar surface area (TPSA) is 117 Å². The second-order valence-corrected chi connectivity index (χ2v) is 9.11. The zero-order valence-electron chi connectivity index (χ0n) is 17.0. The summed E-state index contributed by atoms with van der Waals surface area (Å²) in [4.78, 5) is 51.3. The summed E-state index contributed by atoms with van der Waals surface area (Å²) < 4.78 is 4.99. The fourth-order valence-electron chi connectivity index (χ4n) is 4.46. The number of thiophene rings is 1. The number of rotatable bonds is 5. The van der Waals surface area contributed by atoms with Gasteiger partial charge >= 0.3 is 5.97 Å². The molecule has 1 N–H and O–H groups in total. The van der Waals surface area contributed by atoms with Gasteiger partial charge in [0, 0.05) is 4.88 Å². The Labute approximate surface area is 183 Å². The molecular formula is C22H23N3O5S. The zero-order valence-corrected chi connectivity index (χ0v) is 17.8. The molecule has 9 heteroatoms. The van der Waals surface area contributed by atoms with E-state index in [4.69, 9.17) is 4.74 Å². The van der Waals surface area contributed by atoms with Crippen molar-refractivity contribution in [3.8, 4) is 6.07 Å². The molecule has 0 radical (unpaired) electrons. The van der Waals surface area contributed by atoms with Crippen LogP contribution < -0.4 is 5.32 Å². The minimum atomic E-state index is -0.814. The van der Waals surface area contributed by atoms with E-state index >= 15 is 0 Å². The highest BCUT2D eigenvalue weighted by Gasteiger charge is 2.47. The van der Waals surface area contributed by atoms with Crippen molar-refractivity contribution in [2.45, 2.75) is 44.9 Å². The maximum atomic E-state index is 12.4. The Morgan fingerprint density at radius 3 is 2.48 bits per heavy atom. The first kappa shape index (κ1) is 21.2. The van der Waals surface area contributed by atoms with E-state index < -0.39 is 36.9 Å². The number of likely N-dealkylation sites (tertiary alicyclic amines) is 1. The van der Waals surface area contributed by atoms with Crippen LogP contribution in [0.5, 0.6) is 0 Å². The minimum absolute atomic E-state index is 0.362. The van der Waals surface area contributed by atoms with Crippen LogP contribution in [0.3, 0.4) is 0 Å². The number of aryl methyl sites for hydroxylation is 1. The molecule has 0 unspecified atom stereocenters. The van der Waals surface area contributed by atoms with Crippen LogP contribution in [0, 0.1) is 23.2 Å². The van der Waals surface area contributed by atoms with E-state index in [2.05, 4.69) is 11.4 Å². The molecule has 1 saturated heterocycles.